The molecule has 0 aliphatic carbocycles. The fraction of sp³-hybridized carbons (Fsp3) is 0.370. The SMILES string of the molecule is Cc1ccc(-c2nnc3ccc(N4CCC(C(=O)N5CCN(c6ccccn6)CC5)CC4)nn23)cc1. The first kappa shape index (κ1) is 22.5. The zero-order valence-corrected chi connectivity index (χ0v) is 20.5. The van der Waals surface area contributed by atoms with Crippen molar-refractivity contribution in [1.29, 1.82) is 0 Å². The number of aryl methyl sites for hydroxylation is 1. The van der Waals surface area contributed by atoms with Gasteiger partial charge in [0.2, 0.25) is 5.91 Å². The van der Waals surface area contributed by atoms with E-state index in [2.05, 4.69) is 44.0 Å². The van der Waals surface area contributed by atoms with Crippen molar-refractivity contribution < 1.29 is 4.79 Å². The summed E-state index contributed by atoms with van der Waals surface area (Å²) in [4.78, 5) is 24.2. The fourth-order valence-electron chi connectivity index (χ4n) is 5.14. The Morgan fingerprint density at radius 2 is 1.56 bits per heavy atom. The quantitative estimate of drug-likeness (QED) is 0.442. The maximum Gasteiger partial charge on any atom is 0.225 e. The summed E-state index contributed by atoms with van der Waals surface area (Å²) in [6.45, 7) is 6.85. The molecule has 2 aliphatic rings. The molecule has 9 heteroatoms. The molecule has 2 fully saturated rings. The second-order valence-corrected chi connectivity index (χ2v) is 9.61. The van der Waals surface area contributed by atoms with Gasteiger partial charge in [0.1, 0.15) is 11.6 Å². The minimum Gasteiger partial charge on any atom is -0.355 e. The monoisotopic (exact) mass is 482 g/mol. The van der Waals surface area contributed by atoms with Crippen molar-refractivity contribution in [2.24, 2.45) is 5.92 Å². The number of piperidine rings is 1. The number of hydrogen-bond donors (Lipinski definition) is 0. The highest BCUT2D eigenvalue weighted by molar-refractivity contribution is 5.79. The van der Waals surface area contributed by atoms with Gasteiger partial charge in [-0.05, 0) is 44.0 Å². The normalized spacial score (nSPS) is 17.1. The average molecular weight is 483 g/mol. The number of amides is 1. The third kappa shape index (κ3) is 4.36. The Morgan fingerprint density at radius 3 is 2.28 bits per heavy atom. The van der Waals surface area contributed by atoms with Crippen LogP contribution in [0.15, 0.2) is 60.8 Å². The Hall–Kier alpha value is -4.01. The molecule has 0 unspecified atom stereocenters. The molecule has 0 bridgehead atoms. The van der Waals surface area contributed by atoms with Crippen molar-refractivity contribution in [3.05, 3.63) is 66.4 Å². The summed E-state index contributed by atoms with van der Waals surface area (Å²) < 4.78 is 1.82. The summed E-state index contributed by atoms with van der Waals surface area (Å²) in [5.41, 5.74) is 2.92. The van der Waals surface area contributed by atoms with Crippen LogP contribution in [0.1, 0.15) is 18.4 Å². The number of aromatic nitrogens is 5. The maximum atomic E-state index is 13.2. The van der Waals surface area contributed by atoms with Gasteiger partial charge in [0.15, 0.2) is 11.5 Å². The molecular weight excluding hydrogens is 452 g/mol. The Bertz CT molecular complexity index is 1340. The zero-order valence-electron chi connectivity index (χ0n) is 20.5. The number of nitrogens with zero attached hydrogens (tertiary/aromatic N) is 8. The van der Waals surface area contributed by atoms with Crippen LogP contribution < -0.4 is 9.80 Å². The molecule has 2 saturated heterocycles. The number of carbonyl (C=O) groups excluding carboxylic acids is 1. The van der Waals surface area contributed by atoms with Gasteiger partial charge in [0.05, 0.1) is 0 Å². The molecule has 6 rings (SSSR count). The molecule has 0 spiro atoms. The summed E-state index contributed by atoms with van der Waals surface area (Å²) in [5, 5.41) is 13.5. The minimum absolute atomic E-state index is 0.0735. The van der Waals surface area contributed by atoms with Gasteiger partial charge in [0.25, 0.3) is 0 Å². The van der Waals surface area contributed by atoms with Crippen LogP contribution >= 0.6 is 0 Å². The van der Waals surface area contributed by atoms with Crippen molar-refractivity contribution in [1.82, 2.24) is 29.7 Å². The van der Waals surface area contributed by atoms with E-state index in [-0.39, 0.29) is 5.92 Å². The lowest BCUT2D eigenvalue weighted by Crippen LogP contribution is -2.52. The third-order valence-electron chi connectivity index (χ3n) is 7.29. The molecule has 5 heterocycles. The summed E-state index contributed by atoms with van der Waals surface area (Å²) in [6.07, 6.45) is 3.50. The van der Waals surface area contributed by atoms with Gasteiger partial charge in [-0.15, -0.1) is 15.3 Å². The number of fused-ring (bicyclic) bond motifs is 1. The van der Waals surface area contributed by atoms with Gasteiger partial charge in [-0.2, -0.15) is 4.52 Å². The fourth-order valence-corrected chi connectivity index (χ4v) is 5.14. The van der Waals surface area contributed by atoms with E-state index in [1.54, 1.807) is 0 Å². The summed E-state index contributed by atoms with van der Waals surface area (Å²) >= 11 is 0. The number of benzene rings is 1. The Balaban J connectivity index is 1.09. The molecule has 184 valence electrons. The number of pyridine rings is 1. The van der Waals surface area contributed by atoms with Crippen molar-refractivity contribution in [3.8, 4) is 11.4 Å². The minimum atomic E-state index is 0.0735. The van der Waals surface area contributed by atoms with Gasteiger partial charge in [-0.25, -0.2) is 4.98 Å². The largest absolute Gasteiger partial charge is 0.355 e. The van der Waals surface area contributed by atoms with Crippen molar-refractivity contribution in [2.45, 2.75) is 19.8 Å². The number of carbonyl (C=O) groups is 1. The summed E-state index contributed by atoms with van der Waals surface area (Å²) in [6, 6.07) is 18.2. The van der Waals surface area contributed by atoms with Crippen molar-refractivity contribution in [3.63, 3.8) is 0 Å². The first-order valence-corrected chi connectivity index (χ1v) is 12.6. The molecule has 4 aromatic rings. The number of hydrogen-bond acceptors (Lipinski definition) is 7. The third-order valence-corrected chi connectivity index (χ3v) is 7.29. The predicted molar refractivity (Wildman–Crippen MR) is 139 cm³/mol. The van der Waals surface area contributed by atoms with Crippen LogP contribution in [-0.2, 0) is 4.79 Å². The van der Waals surface area contributed by atoms with E-state index in [9.17, 15) is 4.79 Å². The van der Waals surface area contributed by atoms with Gasteiger partial charge in [-0.1, -0.05) is 35.9 Å². The van der Waals surface area contributed by atoms with Gasteiger partial charge < -0.3 is 14.7 Å². The smallest absolute Gasteiger partial charge is 0.225 e. The Morgan fingerprint density at radius 1 is 0.806 bits per heavy atom. The zero-order chi connectivity index (χ0) is 24.5. The molecule has 1 amide bonds. The molecule has 0 radical (unpaired) electrons. The van der Waals surface area contributed by atoms with Crippen LogP contribution in [0.4, 0.5) is 11.6 Å². The van der Waals surface area contributed by atoms with Crippen molar-refractivity contribution in [2.75, 3.05) is 49.1 Å². The Kier molecular flexibility index (Phi) is 5.96. The highest BCUT2D eigenvalue weighted by atomic mass is 16.2. The molecule has 3 aromatic heterocycles. The summed E-state index contributed by atoms with van der Waals surface area (Å²) in [5.74, 6) is 2.98. The topological polar surface area (TPSA) is 82.8 Å². The first-order chi connectivity index (χ1) is 17.7. The standard InChI is InChI=1S/C27H30N8O/c1-20-5-7-21(8-6-20)26-30-29-24-9-10-25(31-35(24)26)32-14-11-22(12-15-32)27(36)34-18-16-33(17-19-34)23-4-2-3-13-28-23/h2-10,13,22H,11-12,14-19H2,1H3. The average Bonchev–Trinajstić information content (AvgIpc) is 3.37. The van der Waals surface area contributed by atoms with E-state index in [0.29, 0.717) is 5.91 Å². The molecule has 36 heavy (non-hydrogen) atoms. The lowest BCUT2D eigenvalue weighted by atomic mass is 9.95. The van der Waals surface area contributed by atoms with E-state index in [1.165, 1.54) is 5.56 Å². The van der Waals surface area contributed by atoms with E-state index in [1.807, 2.05) is 58.1 Å². The van der Waals surface area contributed by atoms with Crippen LogP contribution in [0.5, 0.6) is 0 Å². The van der Waals surface area contributed by atoms with E-state index < -0.39 is 0 Å². The molecule has 2 aliphatic heterocycles. The van der Waals surface area contributed by atoms with E-state index in [4.69, 9.17) is 5.10 Å². The van der Waals surface area contributed by atoms with Crippen LogP contribution in [-0.4, -0.2) is 74.9 Å². The Labute approximate surface area is 210 Å². The van der Waals surface area contributed by atoms with E-state index >= 15 is 0 Å². The molecule has 0 N–H and O–H groups in total. The van der Waals surface area contributed by atoms with Crippen LogP contribution in [0, 0.1) is 12.8 Å². The molecule has 9 nitrogen and oxygen atoms in total. The second kappa shape index (κ2) is 9.56. The highest BCUT2D eigenvalue weighted by Crippen LogP contribution is 2.26. The number of rotatable bonds is 4. The lowest BCUT2D eigenvalue weighted by molar-refractivity contribution is -0.136. The number of piperazine rings is 1. The summed E-state index contributed by atoms with van der Waals surface area (Å²) in [7, 11) is 0. The second-order valence-electron chi connectivity index (χ2n) is 9.61. The van der Waals surface area contributed by atoms with Crippen LogP contribution in [0.3, 0.4) is 0 Å². The molecular formula is C27H30N8O. The lowest BCUT2D eigenvalue weighted by Gasteiger charge is -2.39. The predicted octanol–water partition coefficient (Wildman–Crippen LogP) is 3.06. The van der Waals surface area contributed by atoms with Gasteiger partial charge in [-0.3, -0.25) is 4.79 Å². The highest BCUT2D eigenvalue weighted by Gasteiger charge is 2.31. The first-order valence-electron chi connectivity index (χ1n) is 12.6. The van der Waals surface area contributed by atoms with Gasteiger partial charge in [0, 0.05) is 56.9 Å². The van der Waals surface area contributed by atoms with Crippen LogP contribution in [0.25, 0.3) is 17.0 Å². The molecule has 0 atom stereocenters. The molecule has 1 aromatic carbocycles. The van der Waals surface area contributed by atoms with Gasteiger partial charge >= 0.3 is 0 Å². The van der Waals surface area contributed by atoms with Crippen LogP contribution in [0.2, 0.25) is 0 Å². The van der Waals surface area contributed by atoms with E-state index in [0.717, 1.165) is 80.8 Å². The molecule has 0 saturated carbocycles. The van der Waals surface area contributed by atoms with Crippen molar-refractivity contribution >= 4 is 23.2 Å². The maximum absolute atomic E-state index is 13.2. The number of anilines is 2.